The fourth-order valence-electron chi connectivity index (χ4n) is 5.60. The van der Waals surface area contributed by atoms with Gasteiger partial charge in [-0.25, -0.2) is 0 Å². The van der Waals surface area contributed by atoms with Crippen molar-refractivity contribution in [2.45, 2.75) is 97.3 Å². The van der Waals surface area contributed by atoms with Crippen molar-refractivity contribution in [1.29, 1.82) is 0 Å². The van der Waals surface area contributed by atoms with E-state index >= 15 is 0 Å². The molecule has 0 aromatic heterocycles. The van der Waals surface area contributed by atoms with E-state index in [2.05, 4.69) is 62.1 Å². The largest absolute Gasteiger partial charge is 0.0730 e. The van der Waals surface area contributed by atoms with Crippen LogP contribution in [0.3, 0.4) is 0 Å². The second-order valence-corrected chi connectivity index (χ2v) is 9.67. The Morgan fingerprint density at radius 2 is 1.48 bits per heavy atom. The number of unbranched alkanes of at least 4 members (excludes halogenated alkanes) is 1. The third-order valence-electron chi connectivity index (χ3n) is 7.50. The van der Waals surface area contributed by atoms with Gasteiger partial charge in [0.1, 0.15) is 0 Å². The SMILES string of the molecule is CCCC[C@H]1CC[C@H](C2CCC(/C=C/C#Cc3ccc(CCC)cc3)CC2)CC1. The van der Waals surface area contributed by atoms with E-state index in [1.165, 1.54) is 82.6 Å². The summed E-state index contributed by atoms with van der Waals surface area (Å²) in [6.07, 6.45) is 22.9. The van der Waals surface area contributed by atoms with E-state index in [1.54, 1.807) is 0 Å². The molecule has 0 nitrogen and oxygen atoms in total. The molecule has 3 rings (SSSR count). The van der Waals surface area contributed by atoms with Crippen molar-refractivity contribution in [1.82, 2.24) is 0 Å². The lowest BCUT2D eigenvalue weighted by atomic mass is 9.68. The summed E-state index contributed by atoms with van der Waals surface area (Å²) in [6.45, 7) is 4.56. The number of benzene rings is 1. The molecule has 0 spiro atoms. The molecule has 29 heavy (non-hydrogen) atoms. The molecule has 0 heteroatoms. The van der Waals surface area contributed by atoms with E-state index in [0.29, 0.717) is 0 Å². The molecule has 0 aliphatic heterocycles. The van der Waals surface area contributed by atoms with Gasteiger partial charge >= 0.3 is 0 Å². The molecule has 0 radical (unpaired) electrons. The first-order valence-corrected chi connectivity index (χ1v) is 12.6. The lowest BCUT2D eigenvalue weighted by Crippen LogP contribution is -2.25. The molecule has 2 fully saturated rings. The van der Waals surface area contributed by atoms with E-state index in [-0.39, 0.29) is 0 Å². The molecule has 0 unspecified atom stereocenters. The predicted molar refractivity (Wildman–Crippen MR) is 127 cm³/mol. The highest BCUT2D eigenvalue weighted by atomic mass is 14.4. The molecular weight excluding hydrogens is 348 g/mol. The Hall–Kier alpha value is -1.48. The monoisotopic (exact) mass is 390 g/mol. The molecule has 0 bridgehead atoms. The average Bonchev–Trinajstić information content (AvgIpc) is 2.77. The van der Waals surface area contributed by atoms with Crippen molar-refractivity contribution in [3.8, 4) is 11.8 Å². The maximum absolute atomic E-state index is 3.30. The first kappa shape index (κ1) is 22.2. The van der Waals surface area contributed by atoms with Crippen LogP contribution >= 0.6 is 0 Å². The minimum absolute atomic E-state index is 0.758. The first-order chi connectivity index (χ1) is 14.3. The number of rotatable bonds is 7. The van der Waals surface area contributed by atoms with Gasteiger partial charge in [0.25, 0.3) is 0 Å². The van der Waals surface area contributed by atoms with E-state index < -0.39 is 0 Å². The summed E-state index contributed by atoms with van der Waals surface area (Å²) < 4.78 is 0. The lowest BCUT2D eigenvalue weighted by Gasteiger charge is -2.37. The van der Waals surface area contributed by atoms with Crippen molar-refractivity contribution in [3.63, 3.8) is 0 Å². The van der Waals surface area contributed by atoms with Crippen LogP contribution < -0.4 is 0 Å². The van der Waals surface area contributed by atoms with Crippen LogP contribution in [-0.4, -0.2) is 0 Å². The van der Waals surface area contributed by atoms with Crippen LogP contribution in [0.2, 0.25) is 0 Å². The van der Waals surface area contributed by atoms with Gasteiger partial charge in [-0.2, -0.15) is 0 Å². The summed E-state index contributed by atoms with van der Waals surface area (Å²) >= 11 is 0. The third kappa shape index (κ3) is 7.37. The topological polar surface area (TPSA) is 0 Å². The van der Waals surface area contributed by atoms with Crippen LogP contribution in [-0.2, 0) is 6.42 Å². The maximum Gasteiger partial charge on any atom is 0.0249 e. The standard InChI is InChI=1S/C29H42/c1-3-5-9-25-16-20-28(21-17-25)29-22-18-27(19-23-29)11-7-6-10-26-14-12-24(8-4-2)13-15-26/h7,11-15,25,27-29H,3-5,8-9,16-23H2,1-2H3/b11-7+/t25-,27?,28-,29?. The summed E-state index contributed by atoms with van der Waals surface area (Å²) in [7, 11) is 0. The maximum atomic E-state index is 3.30. The second-order valence-electron chi connectivity index (χ2n) is 9.67. The van der Waals surface area contributed by atoms with Crippen molar-refractivity contribution in [2.24, 2.45) is 23.7 Å². The number of hydrogen-bond acceptors (Lipinski definition) is 0. The Labute approximate surface area is 180 Å². The van der Waals surface area contributed by atoms with Gasteiger partial charge in [-0.05, 0) is 92.4 Å². The molecule has 2 aliphatic carbocycles. The van der Waals surface area contributed by atoms with Crippen LogP contribution in [0.5, 0.6) is 0 Å². The summed E-state index contributed by atoms with van der Waals surface area (Å²) in [6, 6.07) is 8.76. The van der Waals surface area contributed by atoms with Crippen LogP contribution in [0.25, 0.3) is 0 Å². The highest BCUT2D eigenvalue weighted by molar-refractivity contribution is 5.38. The molecule has 2 aliphatic rings. The van der Waals surface area contributed by atoms with Crippen molar-refractivity contribution >= 4 is 0 Å². The fraction of sp³-hybridized carbons (Fsp3) is 0.655. The molecule has 158 valence electrons. The van der Waals surface area contributed by atoms with E-state index in [1.807, 2.05) is 0 Å². The molecule has 0 saturated heterocycles. The molecule has 0 amide bonds. The predicted octanol–water partition coefficient (Wildman–Crippen LogP) is 8.35. The van der Waals surface area contributed by atoms with Gasteiger partial charge in [-0.1, -0.05) is 82.4 Å². The van der Waals surface area contributed by atoms with Crippen LogP contribution in [0.4, 0.5) is 0 Å². The smallest absolute Gasteiger partial charge is 0.0249 e. The van der Waals surface area contributed by atoms with Gasteiger partial charge < -0.3 is 0 Å². The van der Waals surface area contributed by atoms with E-state index in [4.69, 9.17) is 0 Å². The lowest BCUT2D eigenvalue weighted by molar-refractivity contribution is 0.152. The number of allylic oxidation sites excluding steroid dienone is 2. The Kier molecular flexibility index (Phi) is 9.40. The van der Waals surface area contributed by atoms with Crippen molar-refractivity contribution in [3.05, 3.63) is 47.5 Å². The van der Waals surface area contributed by atoms with E-state index in [9.17, 15) is 0 Å². The summed E-state index contributed by atoms with van der Waals surface area (Å²) in [5, 5.41) is 0. The van der Waals surface area contributed by atoms with Crippen LogP contribution in [0, 0.1) is 35.5 Å². The highest BCUT2D eigenvalue weighted by Gasteiger charge is 2.30. The normalized spacial score (nSPS) is 27.5. The van der Waals surface area contributed by atoms with Gasteiger partial charge in [-0.3, -0.25) is 0 Å². The van der Waals surface area contributed by atoms with Crippen LogP contribution in [0.15, 0.2) is 36.4 Å². The summed E-state index contributed by atoms with van der Waals surface area (Å²) in [5.41, 5.74) is 2.55. The molecule has 0 atom stereocenters. The van der Waals surface area contributed by atoms with Gasteiger partial charge in [-0.15, -0.1) is 0 Å². The van der Waals surface area contributed by atoms with Crippen LogP contribution in [0.1, 0.15) is 102 Å². The minimum atomic E-state index is 0.758. The summed E-state index contributed by atoms with van der Waals surface area (Å²) in [4.78, 5) is 0. The van der Waals surface area contributed by atoms with E-state index in [0.717, 1.165) is 35.7 Å². The molecular formula is C29H42. The zero-order chi connectivity index (χ0) is 20.3. The molecule has 1 aromatic rings. The first-order valence-electron chi connectivity index (χ1n) is 12.6. The Morgan fingerprint density at radius 3 is 2.10 bits per heavy atom. The molecule has 0 N–H and O–H groups in total. The Balaban J connectivity index is 1.37. The highest BCUT2D eigenvalue weighted by Crippen LogP contribution is 2.42. The zero-order valence-electron chi connectivity index (χ0n) is 19.0. The molecule has 2 saturated carbocycles. The fourth-order valence-corrected chi connectivity index (χ4v) is 5.60. The van der Waals surface area contributed by atoms with Gasteiger partial charge in [0, 0.05) is 5.56 Å². The number of aryl methyl sites for hydroxylation is 1. The Morgan fingerprint density at radius 1 is 0.828 bits per heavy atom. The van der Waals surface area contributed by atoms with Crippen molar-refractivity contribution in [2.75, 3.05) is 0 Å². The quantitative estimate of drug-likeness (QED) is 0.410. The second kappa shape index (κ2) is 12.3. The van der Waals surface area contributed by atoms with Gasteiger partial charge in [0.15, 0.2) is 0 Å². The summed E-state index contributed by atoms with van der Waals surface area (Å²) in [5.74, 6) is 10.4. The van der Waals surface area contributed by atoms with Crippen molar-refractivity contribution < 1.29 is 0 Å². The number of hydrogen-bond donors (Lipinski definition) is 0. The molecule has 0 heterocycles. The minimum Gasteiger partial charge on any atom is -0.0730 e. The molecule has 1 aromatic carbocycles. The van der Waals surface area contributed by atoms with Gasteiger partial charge in [0.2, 0.25) is 0 Å². The van der Waals surface area contributed by atoms with Gasteiger partial charge in [0.05, 0.1) is 0 Å². The Bertz CT molecular complexity index is 652. The zero-order valence-corrected chi connectivity index (χ0v) is 19.0. The average molecular weight is 391 g/mol. The third-order valence-corrected chi connectivity index (χ3v) is 7.50.